The second-order valence-electron chi connectivity index (χ2n) is 8.34. The molecule has 0 spiro atoms. The van der Waals surface area contributed by atoms with Crippen molar-refractivity contribution < 1.29 is 28.5 Å². The van der Waals surface area contributed by atoms with Crippen molar-refractivity contribution in [1.29, 1.82) is 0 Å². The van der Waals surface area contributed by atoms with Gasteiger partial charge >= 0.3 is 11.9 Å². The van der Waals surface area contributed by atoms with Crippen molar-refractivity contribution in [2.75, 3.05) is 59.8 Å². The van der Waals surface area contributed by atoms with Gasteiger partial charge < -0.3 is 18.9 Å². The van der Waals surface area contributed by atoms with Gasteiger partial charge in [0.15, 0.2) is 0 Å². The number of carbonyl (C=O) groups excluding carboxylic acids is 2. The summed E-state index contributed by atoms with van der Waals surface area (Å²) in [4.78, 5) is 32.7. The zero-order chi connectivity index (χ0) is 27.2. The van der Waals surface area contributed by atoms with Crippen LogP contribution in [0.1, 0.15) is 25.3 Å². The van der Waals surface area contributed by atoms with Crippen LogP contribution < -0.4 is 0 Å². The first-order valence-electron chi connectivity index (χ1n) is 12.3. The van der Waals surface area contributed by atoms with Crippen molar-refractivity contribution in [2.45, 2.75) is 19.8 Å². The molecule has 0 amide bonds. The lowest BCUT2D eigenvalue weighted by atomic mass is 9.75. The first-order chi connectivity index (χ1) is 17.9. The molecule has 0 radical (unpaired) electrons. The molecule has 2 atom stereocenters. The smallest absolute Gasteiger partial charge is 0.336 e. The number of hydrogen-bond donors (Lipinski definition) is 0. The Morgan fingerprint density at radius 2 is 1.78 bits per heavy atom. The normalized spacial score (nSPS) is 17.4. The van der Waals surface area contributed by atoms with E-state index in [0.717, 1.165) is 19.6 Å². The van der Waals surface area contributed by atoms with E-state index in [-0.39, 0.29) is 18.8 Å². The van der Waals surface area contributed by atoms with Crippen LogP contribution in [0.3, 0.4) is 0 Å². The van der Waals surface area contributed by atoms with Crippen molar-refractivity contribution in [1.82, 2.24) is 4.90 Å². The number of aliphatic imine (C=N–C) groups is 1. The Balaban J connectivity index is 2.20. The quantitative estimate of drug-likeness (QED) is 0.179. The van der Waals surface area contributed by atoms with Gasteiger partial charge in [0.25, 0.3) is 0 Å². The van der Waals surface area contributed by atoms with Crippen LogP contribution in [0.25, 0.3) is 0 Å². The molecule has 0 saturated carbocycles. The van der Waals surface area contributed by atoms with Crippen LogP contribution in [0.4, 0.5) is 0 Å². The standard InChI is InChI=1S/C28H37ClN2O6/c1-6-13-31(14-7-2)15-16-35-17-18-36-19-23-26(28(33)37-8-3)25(21-11-9-10-12-22(21)29)24(20(4)30-23)27(32)34-5/h6-7,9-12,24-25H,1-2,8,13-19H2,3-5H3. The Labute approximate surface area is 224 Å². The summed E-state index contributed by atoms with van der Waals surface area (Å²) in [6.07, 6.45) is 3.68. The first kappa shape index (κ1) is 30.4. The molecule has 37 heavy (non-hydrogen) atoms. The molecule has 1 aromatic carbocycles. The molecule has 0 N–H and O–H groups in total. The summed E-state index contributed by atoms with van der Waals surface area (Å²) in [5.74, 6) is -2.64. The Bertz CT molecular complexity index is 996. The number of nitrogens with zero attached hydrogens (tertiary/aromatic N) is 2. The number of benzene rings is 1. The Morgan fingerprint density at radius 1 is 1.11 bits per heavy atom. The maximum absolute atomic E-state index is 13.2. The SMILES string of the molecule is C=CCN(CC=C)CCOCCOCC1=C(C(=O)OCC)C(c2ccccc2Cl)C(C(=O)OC)C(C)=N1. The summed E-state index contributed by atoms with van der Waals surface area (Å²) in [7, 11) is 1.31. The van der Waals surface area contributed by atoms with E-state index < -0.39 is 23.8 Å². The molecule has 0 fully saturated rings. The molecule has 1 aromatic rings. The highest BCUT2D eigenvalue weighted by Gasteiger charge is 2.43. The molecule has 0 bridgehead atoms. The van der Waals surface area contributed by atoms with Crippen molar-refractivity contribution in [3.8, 4) is 0 Å². The Morgan fingerprint density at radius 3 is 2.41 bits per heavy atom. The molecule has 1 heterocycles. The lowest BCUT2D eigenvalue weighted by Crippen LogP contribution is -2.37. The van der Waals surface area contributed by atoms with Gasteiger partial charge in [-0.05, 0) is 25.5 Å². The van der Waals surface area contributed by atoms with E-state index in [2.05, 4.69) is 23.1 Å². The molecule has 2 rings (SSSR count). The number of hydrogen-bond acceptors (Lipinski definition) is 8. The zero-order valence-corrected chi connectivity index (χ0v) is 22.7. The van der Waals surface area contributed by atoms with Gasteiger partial charge in [0.2, 0.25) is 0 Å². The van der Waals surface area contributed by atoms with Gasteiger partial charge in [-0.3, -0.25) is 14.7 Å². The fourth-order valence-corrected chi connectivity index (χ4v) is 4.45. The van der Waals surface area contributed by atoms with E-state index in [1.807, 2.05) is 12.2 Å². The molecule has 9 heteroatoms. The predicted molar refractivity (Wildman–Crippen MR) is 145 cm³/mol. The second kappa shape index (κ2) is 16.1. The third-order valence-electron chi connectivity index (χ3n) is 5.84. The third kappa shape index (κ3) is 8.64. The van der Waals surface area contributed by atoms with Crippen LogP contribution in [0, 0.1) is 5.92 Å². The van der Waals surface area contributed by atoms with Crippen molar-refractivity contribution in [2.24, 2.45) is 10.9 Å². The van der Waals surface area contributed by atoms with Crippen LogP contribution in [-0.2, 0) is 28.5 Å². The van der Waals surface area contributed by atoms with Crippen molar-refractivity contribution in [3.05, 3.63) is 71.4 Å². The molecule has 0 aromatic heterocycles. The van der Waals surface area contributed by atoms with Crippen LogP contribution in [0.2, 0.25) is 5.02 Å². The van der Waals surface area contributed by atoms with Gasteiger partial charge in [-0.2, -0.15) is 0 Å². The second-order valence-corrected chi connectivity index (χ2v) is 8.74. The van der Waals surface area contributed by atoms with E-state index in [4.69, 9.17) is 30.5 Å². The van der Waals surface area contributed by atoms with Gasteiger partial charge in [0.05, 0.1) is 51.4 Å². The zero-order valence-electron chi connectivity index (χ0n) is 21.9. The Kier molecular flexibility index (Phi) is 13.3. The minimum atomic E-state index is -0.828. The average Bonchev–Trinajstić information content (AvgIpc) is 2.88. The number of rotatable bonds is 16. The monoisotopic (exact) mass is 532 g/mol. The van der Waals surface area contributed by atoms with Crippen LogP contribution in [0.15, 0.2) is 65.8 Å². The minimum absolute atomic E-state index is 0.0444. The summed E-state index contributed by atoms with van der Waals surface area (Å²) in [5.41, 5.74) is 1.75. The van der Waals surface area contributed by atoms with E-state index in [9.17, 15) is 9.59 Å². The highest BCUT2D eigenvalue weighted by Crippen LogP contribution is 2.42. The average molecular weight is 533 g/mol. The fourth-order valence-electron chi connectivity index (χ4n) is 4.19. The number of methoxy groups -OCH3 is 1. The number of ether oxygens (including phenoxy) is 4. The van der Waals surface area contributed by atoms with Gasteiger partial charge in [-0.1, -0.05) is 42.0 Å². The highest BCUT2D eigenvalue weighted by molar-refractivity contribution is 6.31. The van der Waals surface area contributed by atoms with E-state index >= 15 is 0 Å². The Hall–Kier alpha value is -2.78. The van der Waals surface area contributed by atoms with Crippen LogP contribution in [-0.4, -0.2) is 82.3 Å². The molecule has 1 aliphatic rings. The summed E-state index contributed by atoms with van der Waals surface area (Å²) in [5, 5.41) is 0.425. The molecule has 202 valence electrons. The van der Waals surface area contributed by atoms with Crippen LogP contribution in [0.5, 0.6) is 0 Å². The lowest BCUT2D eigenvalue weighted by Gasteiger charge is -2.32. The minimum Gasteiger partial charge on any atom is -0.468 e. The summed E-state index contributed by atoms with van der Waals surface area (Å²) in [6.45, 7) is 14.7. The fraction of sp³-hybridized carbons (Fsp3) is 0.464. The number of carbonyl (C=O) groups is 2. The van der Waals surface area contributed by atoms with Crippen molar-refractivity contribution in [3.63, 3.8) is 0 Å². The van der Waals surface area contributed by atoms with Gasteiger partial charge in [0.1, 0.15) is 5.92 Å². The predicted octanol–water partition coefficient (Wildman–Crippen LogP) is 4.21. The molecule has 0 saturated heterocycles. The molecular weight excluding hydrogens is 496 g/mol. The number of halogens is 1. The topological polar surface area (TPSA) is 86.7 Å². The van der Waals surface area contributed by atoms with E-state index in [1.165, 1.54) is 7.11 Å². The maximum atomic E-state index is 13.2. The largest absolute Gasteiger partial charge is 0.468 e. The molecule has 2 unspecified atom stereocenters. The first-order valence-corrected chi connectivity index (χ1v) is 12.6. The van der Waals surface area contributed by atoms with Crippen LogP contribution >= 0.6 is 11.6 Å². The van der Waals surface area contributed by atoms with E-state index in [0.29, 0.717) is 41.8 Å². The van der Waals surface area contributed by atoms with E-state index in [1.54, 1.807) is 38.1 Å². The molecule has 8 nitrogen and oxygen atoms in total. The summed E-state index contributed by atoms with van der Waals surface area (Å²) >= 11 is 6.52. The highest BCUT2D eigenvalue weighted by atomic mass is 35.5. The molecule has 0 aliphatic carbocycles. The summed E-state index contributed by atoms with van der Waals surface area (Å²) in [6, 6.07) is 7.09. The van der Waals surface area contributed by atoms with Gasteiger partial charge in [0, 0.05) is 36.3 Å². The molecule has 1 aliphatic heterocycles. The maximum Gasteiger partial charge on any atom is 0.336 e. The van der Waals surface area contributed by atoms with Gasteiger partial charge in [-0.25, -0.2) is 4.79 Å². The lowest BCUT2D eigenvalue weighted by molar-refractivity contribution is -0.144. The summed E-state index contributed by atoms with van der Waals surface area (Å²) < 4.78 is 21.9. The molecular formula is C28H37ClN2O6. The van der Waals surface area contributed by atoms with Gasteiger partial charge in [-0.15, -0.1) is 13.2 Å². The number of esters is 2. The third-order valence-corrected chi connectivity index (χ3v) is 6.19. The van der Waals surface area contributed by atoms with Crippen molar-refractivity contribution >= 4 is 29.3 Å².